The first-order valence-electron chi connectivity index (χ1n) is 7.88. The van der Waals surface area contributed by atoms with E-state index in [0.29, 0.717) is 12.6 Å². The normalized spacial score (nSPS) is 19.4. The van der Waals surface area contributed by atoms with Gasteiger partial charge in [0.15, 0.2) is 0 Å². The summed E-state index contributed by atoms with van der Waals surface area (Å²) in [6.45, 7) is 6.90. The zero-order chi connectivity index (χ0) is 14.4. The summed E-state index contributed by atoms with van der Waals surface area (Å²) in [5, 5.41) is 3.28. The molecule has 2 heterocycles. The summed E-state index contributed by atoms with van der Waals surface area (Å²) >= 11 is 0. The Hall–Kier alpha value is -1.16. The predicted octanol–water partition coefficient (Wildman–Crippen LogP) is 3.49. The minimum atomic E-state index is -0.245. The highest BCUT2D eigenvalue weighted by atomic mass is 19.1. The second-order valence-corrected chi connectivity index (χ2v) is 5.55. The maximum Gasteiger partial charge on any atom is 0.141 e. The lowest BCUT2D eigenvalue weighted by Gasteiger charge is -2.37. The van der Waals surface area contributed by atoms with Gasteiger partial charge in [0.1, 0.15) is 11.6 Å². The van der Waals surface area contributed by atoms with Gasteiger partial charge in [-0.15, -0.1) is 0 Å². The zero-order valence-corrected chi connectivity index (χ0v) is 12.7. The highest BCUT2D eigenvalue weighted by Crippen LogP contribution is 2.28. The van der Waals surface area contributed by atoms with Crippen LogP contribution in [-0.4, -0.2) is 24.1 Å². The summed E-state index contributed by atoms with van der Waals surface area (Å²) in [6, 6.07) is 2.19. The molecule has 0 radical (unpaired) electrons. The number of anilines is 1. The second kappa shape index (κ2) is 7.58. The van der Waals surface area contributed by atoms with Gasteiger partial charge in [-0.05, 0) is 38.3 Å². The molecule has 112 valence electrons. The Balaban J connectivity index is 2.24. The number of aromatic nitrogens is 1. The molecule has 1 fully saturated rings. The zero-order valence-electron chi connectivity index (χ0n) is 12.7. The highest BCUT2D eigenvalue weighted by molar-refractivity contribution is 5.48. The third-order valence-electron chi connectivity index (χ3n) is 4.00. The van der Waals surface area contributed by atoms with E-state index in [1.165, 1.54) is 38.3 Å². The van der Waals surface area contributed by atoms with E-state index >= 15 is 0 Å². The van der Waals surface area contributed by atoms with Gasteiger partial charge in [0.05, 0.1) is 6.20 Å². The molecule has 1 unspecified atom stereocenters. The second-order valence-electron chi connectivity index (χ2n) is 5.55. The van der Waals surface area contributed by atoms with Crippen LogP contribution < -0.4 is 10.2 Å². The fourth-order valence-electron chi connectivity index (χ4n) is 3.04. The molecule has 2 rings (SSSR count). The van der Waals surface area contributed by atoms with Crippen LogP contribution in [0.15, 0.2) is 12.3 Å². The number of hydrogen-bond acceptors (Lipinski definition) is 3. The predicted molar refractivity (Wildman–Crippen MR) is 81.5 cm³/mol. The van der Waals surface area contributed by atoms with Crippen molar-refractivity contribution in [1.29, 1.82) is 0 Å². The lowest BCUT2D eigenvalue weighted by Crippen LogP contribution is -2.40. The molecule has 0 spiro atoms. The third kappa shape index (κ3) is 3.69. The van der Waals surface area contributed by atoms with Crippen molar-refractivity contribution >= 4 is 5.82 Å². The van der Waals surface area contributed by atoms with Gasteiger partial charge in [-0.1, -0.05) is 20.3 Å². The van der Waals surface area contributed by atoms with Crippen LogP contribution in [0, 0.1) is 5.82 Å². The molecule has 1 aromatic rings. The van der Waals surface area contributed by atoms with Gasteiger partial charge in [0.25, 0.3) is 0 Å². The number of hydrogen-bond donors (Lipinski definition) is 1. The van der Waals surface area contributed by atoms with Crippen molar-refractivity contribution in [3.8, 4) is 0 Å². The minimum Gasteiger partial charge on any atom is -0.353 e. The molecule has 1 aliphatic rings. The van der Waals surface area contributed by atoms with Crippen molar-refractivity contribution in [2.24, 2.45) is 0 Å². The Morgan fingerprint density at radius 2 is 2.25 bits per heavy atom. The lowest BCUT2D eigenvalue weighted by molar-refractivity contribution is 0.430. The number of halogens is 1. The van der Waals surface area contributed by atoms with Crippen LogP contribution >= 0.6 is 0 Å². The van der Waals surface area contributed by atoms with Crippen LogP contribution in [0.2, 0.25) is 0 Å². The molecule has 0 aliphatic carbocycles. The fraction of sp³-hybridized carbons (Fsp3) is 0.688. The van der Waals surface area contributed by atoms with Crippen LogP contribution in [0.3, 0.4) is 0 Å². The van der Waals surface area contributed by atoms with Gasteiger partial charge in [0, 0.05) is 24.7 Å². The number of nitrogens with one attached hydrogen (secondary N) is 1. The maximum atomic E-state index is 13.5. The minimum absolute atomic E-state index is 0.245. The van der Waals surface area contributed by atoms with Crippen LogP contribution in [0.1, 0.15) is 51.5 Å². The summed E-state index contributed by atoms with van der Waals surface area (Å²) in [6.07, 6.45) is 7.46. The molecule has 1 N–H and O–H groups in total. The van der Waals surface area contributed by atoms with E-state index in [4.69, 9.17) is 0 Å². The highest BCUT2D eigenvalue weighted by Gasteiger charge is 2.24. The van der Waals surface area contributed by atoms with E-state index in [0.717, 1.165) is 24.5 Å². The van der Waals surface area contributed by atoms with Crippen molar-refractivity contribution in [2.45, 2.75) is 58.5 Å². The average molecular weight is 279 g/mol. The van der Waals surface area contributed by atoms with E-state index in [2.05, 4.69) is 29.0 Å². The Kier molecular flexibility index (Phi) is 5.77. The van der Waals surface area contributed by atoms with Crippen LogP contribution in [0.5, 0.6) is 0 Å². The first kappa shape index (κ1) is 15.2. The number of rotatable bonds is 6. The number of pyridine rings is 1. The van der Waals surface area contributed by atoms with E-state index in [-0.39, 0.29) is 5.82 Å². The van der Waals surface area contributed by atoms with Gasteiger partial charge < -0.3 is 10.2 Å². The van der Waals surface area contributed by atoms with Crippen molar-refractivity contribution in [3.63, 3.8) is 0 Å². The molecule has 1 aliphatic heterocycles. The molecule has 0 amide bonds. The fourth-order valence-corrected chi connectivity index (χ4v) is 3.04. The molecule has 20 heavy (non-hydrogen) atoms. The Labute approximate surface area is 121 Å². The third-order valence-corrected chi connectivity index (χ3v) is 4.00. The smallest absolute Gasteiger partial charge is 0.141 e. The van der Waals surface area contributed by atoms with Crippen molar-refractivity contribution < 1.29 is 4.39 Å². The molecule has 1 atom stereocenters. The van der Waals surface area contributed by atoms with E-state index in [1.54, 1.807) is 6.07 Å². The largest absolute Gasteiger partial charge is 0.353 e. The van der Waals surface area contributed by atoms with Crippen molar-refractivity contribution in [1.82, 2.24) is 10.3 Å². The summed E-state index contributed by atoms with van der Waals surface area (Å²) < 4.78 is 13.5. The maximum absolute atomic E-state index is 13.5. The quantitative estimate of drug-likeness (QED) is 0.864. The average Bonchev–Trinajstić information content (AvgIpc) is 2.46. The van der Waals surface area contributed by atoms with E-state index < -0.39 is 0 Å². The number of nitrogens with zero attached hydrogens (tertiary/aromatic N) is 2. The van der Waals surface area contributed by atoms with E-state index in [1.807, 2.05) is 0 Å². The SMILES string of the molecule is CCCC1CCCCN1c1ncc(F)cc1CNCC. The Bertz CT molecular complexity index is 420. The molecule has 0 saturated carbocycles. The molecule has 4 heteroatoms. The number of piperidine rings is 1. The first-order valence-corrected chi connectivity index (χ1v) is 7.88. The topological polar surface area (TPSA) is 28.2 Å². The first-order chi connectivity index (χ1) is 9.76. The molecule has 1 saturated heterocycles. The van der Waals surface area contributed by atoms with Crippen LogP contribution in [-0.2, 0) is 6.54 Å². The molecular formula is C16H26FN3. The summed E-state index contributed by atoms with van der Waals surface area (Å²) in [7, 11) is 0. The molecular weight excluding hydrogens is 253 g/mol. The Morgan fingerprint density at radius 3 is 3.00 bits per heavy atom. The van der Waals surface area contributed by atoms with Gasteiger partial charge in [-0.3, -0.25) is 0 Å². The van der Waals surface area contributed by atoms with Gasteiger partial charge in [0.2, 0.25) is 0 Å². The summed E-state index contributed by atoms with van der Waals surface area (Å²) in [5.74, 6) is 0.733. The van der Waals surface area contributed by atoms with E-state index in [9.17, 15) is 4.39 Å². The van der Waals surface area contributed by atoms with Gasteiger partial charge in [-0.25, -0.2) is 9.37 Å². The molecule has 1 aromatic heterocycles. The Morgan fingerprint density at radius 1 is 1.40 bits per heavy atom. The van der Waals surface area contributed by atoms with Crippen molar-refractivity contribution in [3.05, 3.63) is 23.6 Å². The van der Waals surface area contributed by atoms with Crippen molar-refractivity contribution in [2.75, 3.05) is 18.0 Å². The monoisotopic (exact) mass is 279 g/mol. The van der Waals surface area contributed by atoms with Gasteiger partial charge in [-0.2, -0.15) is 0 Å². The van der Waals surface area contributed by atoms with Gasteiger partial charge >= 0.3 is 0 Å². The molecule has 3 nitrogen and oxygen atoms in total. The molecule has 0 aromatic carbocycles. The lowest BCUT2D eigenvalue weighted by atomic mass is 9.97. The summed E-state index contributed by atoms with van der Waals surface area (Å²) in [5.41, 5.74) is 0.981. The summed E-state index contributed by atoms with van der Waals surface area (Å²) in [4.78, 5) is 6.80. The van der Waals surface area contributed by atoms with Crippen LogP contribution in [0.25, 0.3) is 0 Å². The molecule has 0 bridgehead atoms. The standard InChI is InChI=1S/C16H26FN3/c1-3-7-15-8-5-6-9-20(15)16-13(11-18-4-2)10-14(17)12-19-16/h10,12,15,18H,3-9,11H2,1-2H3. The van der Waals surface area contributed by atoms with Crippen LogP contribution in [0.4, 0.5) is 10.2 Å².